The molecular weight excluding hydrogens is 779 g/mol. The zero-order chi connectivity index (χ0) is 42.1. The fourth-order valence-electron chi connectivity index (χ4n) is 5.63. The van der Waals surface area contributed by atoms with E-state index in [-0.39, 0.29) is 48.5 Å². The van der Waals surface area contributed by atoms with Gasteiger partial charge in [-0.15, -0.1) is 0 Å². The highest BCUT2D eigenvalue weighted by Crippen LogP contribution is 2.36. The van der Waals surface area contributed by atoms with E-state index in [1.807, 2.05) is 38.1 Å². The quantitative estimate of drug-likeness (QED) is 0.0303. The highest BCUT2D eigenvalue weighted by Gasteiger charge is 2.25. The summed E-state index contributed by atoms with van der Waals surface area (Å²) < 4.78 is 32.7. The number of rotatable bonds is 20. The Labute approximate surface area is 346 Å². The van der Waals surface area contributed by atoms with Crippen LogP contribution in [0.3, 0.4) is 0 Å². The van der Waals surface area contributed by atoms with Crippen LogP contribution in [0.25, 0.3) is 0 Å². The molecule has 59 heavy (non-hydrogen) atoms. The van der Waals surface area contributed by atoms with Crippen LogP contribution in [-0.4, -0.2) is 67.5 Å². The van der Waals surface area contributed by atoms with Crippen LogP contribution in [0, 0.1) is 5.92 Å². The number of ether oxygens (including phenoxy) is 6. The number of allylic oxidation sites excluding steroid dienone is 3. The lowest BCUT2D eigenvalue weighted by Crippen LogP contribution is -2.30. The van der Waals surface area contributed by atoms with E-state index in [9.17, 15) is 24.0 Å². The van der Waals surface area contributed by atoms with Gasteiger partial charge in [-0.1, -0.05) is 57.0 Å². The summed E-state index contributed by atoms with van der Waals surface area (Å²) in [6, 6.07) is 19.3. The molecule has 0 fully saturated rings. The number of carbonyl (C=O) groups excluding carboxylic acids is 5. The Kier molecular flexibility index (Phi) is 16.1. The molecule has 3 aromatic carbocycles. The molecule has 0 spiro atoms. The van der Waals surface area contributed by atoms with Crippen LogP contribution in [-0.2, 0) is 44.5 Å². The van der Waals surface area contributed by atoms with Gasteiger partial charge < -0.3 is 33.7 Å². The summed E-state index contributed by atoms with van der Waals surface area (Å²) in [5.41, 5.74) is 5.88. The minimum atomic E-state index is -0.909. The summed E-state index contributed by atoms with van der Waals surface area (Å²) >= 11 is 1.58. The number of carbonyl (C=O) groups is 5. The highest BCUT2D eigenvalue weighted by atomic mass is 32.2. The van der Waals surface area contributed by atoms with Crippen LogP contribution in [0.5, 0.6) is 11.5 Å². The molecule has 0 saturated carbocycles. The number of fused-ring (bicyclic) bond motifs is 1. The molecule has 3 unspecified atom stereocenters. The molecular formula is C44H45N3O11S. The van der Waals surface area contributed by atoms with Crippen LogP contribution in [0.4, 0.5) is 5.69 Å². The number of benzene rings is 3. The van der Waals surface area contributed by atoms with Gasteiger partial charge in [0.05, 0.1) is 24.1 Å². The summed E-state index contributed by atoms with van der Waals surface area (Å²) in [5, 5.41) is 7.79. The zero-order valence-electron chi connectivity index (χ0n) is 32.7. The van der Waals surface area contributed by atoms with E-state index in [4.69, 9.17) is 28.4 Å². The Bertz CT molecular complexity index is 2100. The van der Waals surface area contributed by atoms with Crippen LogP contribution < -0.4 is 20.2 Å². The SMILES string of the molecule is C=CC(=O)OCC(COc1ccc(C(=O)OCCc2ccc(OC(=O)C3=CC=C(OC(=O)CCC)C(C)C3)c(/C=N/NC3Nc4ccccc4S3)c2)cc1)OC(=O)C=C. The summed E-state index contributed by atoms with van der Waals surface area (Å²) in [7, 11) is 0. The maximum Gasteiger partial charge on any atom is 0.339 e. The van der Waals surface area contributed by atoms with Crippen LogP contribution in [0.15, 0.2) is 126 Å². The van der Waals surface area contributed by atoms with E-state index in [1.54, 1.807) is 60.5 Å². The molecule has 0 aromatic heterocycles. The number of hydrogen-bond acceptors (Lipinski definition) is 15. The average molecular weight is 824 g/mol. The van der Waals surface area contributed by atoms with E-state index in [1.165, 1.54) is 12.1 Å². The van der Waals surface area contributed by atoms with Crippen molar-refractivity contribution in [1.82, 2.24) is 5.43 Å². The van der Waals surface area contributed by atoms with Crippen LogP contribution in [0.2, 0.25) is 0 Å². The van der Waals surface area contributed by atoms with E-state index in [0.29, 0.717) is 48.3 Å². The maximum atomic E-state index is 13.4. The van der Waals surface area contributed by atoms with Gasteiger partial charge in [-0.3, -0.25) is 10.2 Å². The fourth-order valence-corrected chi connectivity index (χ4v) is 6.60. The van der Waals surface area contributed by atoms with Crippen LogP contribution in [0.1, 0.15) is 54.6 Å². The van der Waals surface area contributed by atoms with Gasteiger partial charge in [0, 0.05) is 46.9 Å². The third kappa shape index (κ3) is 13.2. The lowest BCUT2D eigenvalue weighted by atomic mass is 9.94. The first-order valence-corrected chi connectivity index (χ1v) is 19.7. The molecule has 1 aliphatic heterocycles. The van der Waals surface area contributed by atoms with Crippen molar-refractivity contribution in [1.29, 1.82) is 0 Å². The molecule has 308 valence electrons. The van der Waals surface area contributed by atoms with Gasteiger partial charge in [-0.2, -0.15) is 5.10 Å². The summed E-state index contributed by atoms with van der Waals surface area (Å²) in [6.45, 7) is 10.1. The van der Waals surface area contributed by atoms with E-state index in [2.05, 4.69) is 29.0 Å². The topological polar surface area (TPSA) is 177 Å². The number of hydrazone groups is 1. The van der Waals surface area contributed by atoms with Gasteiger partial charge in [0.2, 0.25) is 0 Å². The normalized spacial score (nSPS) is 15.9. The number of para-hydroxylation sites is 1. The molecule has 0 saturated heterocycles. The fraction of sp³-hybridized carbons (Fsp3) is 0.273. The largest absolute Gasteiger partial charge is 0.490 e. The number of hydrogen-bond donors (Lipinski definition) is 2. The third-order valence-electron chi connectivity index (χ3n) is 8.68. The highest BCUT2D eigenvalue weighted by molar-refractivity contribution is 8.00. The number of nitrogens with zero attached hydrogens (tertiary/aromatic N) is 1. The van der Waals surface area contributed by atoms with E-state index < -0.39 is 30.0 Å². The monoisotopic (exact) mass is 823 g/mol. The molecule has 1 heterocycles. The number of nitrogens with one attached hydrogen (secondary N) is 2. The van der Waals surface area contributed by atoms with Crippen molar-refractivity contribution in [2.75, 3.05) is 25.1 Å². The Morgan fingerprint density at radius 1 is 0.932 bits per heavy atom. The molecule has 2 N–H and O–H groups in total. The van der Waals surface area contributed by atoms with E-state index >= 15 is 0 Å². The molecule has 3 aromatic rings. The molecule has 3 atom stereocenters. The minimum Gasteiger partial charge on any atom is -0.490 e. The Morgan fingerprint density at radius 3 is 2.44 bits per heavy atom. The Hall–Kier alpha value is -6.61. The van der Waals surface area contributed by atoms with Gasteiger partial charge in [0.1, 0.15) is 30.5 Å². The lowest BCUT2D eigenvalue weighted by molar-refractivity contribution is -0.154. The van der Waals surface area contributed by atoms with Crippen molar-refractivity contribution in [3.05, 3.63) is 132 Å². The van der Waals surface area contributed by atoms with Crippen molar-refractivity contribution >= 4 is 53.5 Å². The molecule has 14 nitrogen and oxygen atoms in total. The molecule has 0 radical (unpaired) electrons. The smallest absolute Gasteiger partial charge is 0.339 e. The second kappa shape index (κ2) is 21.8. The van der Waals surface area contributed by atoms with Crippen molar-refractivity contribution in [2.24, 2.45) is 11.0 Å². The minimum absolute atomic E-state index is 0.0496. The number of thioether (sulfide) groups is 1. The summed E-state index contributed by atoms with van der Waals surface area (Å²) in [6.07, 6.45) is 7.55. The van der Waals surface area contributed by atoms with Crippen molar-refractivity contribution < 1.29 is 52.4 Å². The molecule has 0 amide bonds. The molecule has 0 bridgehead atoms. The first-order chi connectivity index (χ1) is 28.5. The second-order valence-electron chi connectivity index (χ2n) is 13.2. The van der Waals surface area contributed by atoms with Crippen molar-refractivity contribution in [2.45, 2.75) is 56.0 Å². The van der Waals surface area contributed by atoms with Gasteiger partial charge in [0.25, 0.3) is 0 Å². The third-order valence-corrected chi connectivity index (χ3v) is 9.75. The first-order valence-electron chi connectivity index (χ1n) is 18.8. The van der Waals surface area contributed by atoms with Gasteiger partial charge in [-0.05, 0) is 79.1 Å². The predicted molar refractivity (Wildman–Crippen MR) is 221 cm³/mol. The number of esters is 5. The average Bonchev–Trinajstić information content (AvgIpc) is 3.66. The molecule has 15 heteroatoms. The lowest BCUT2D eigenvalue weighted by Gasteiger charge is -2.20. The van der Waals surface area contributed by atoms with Crippen LogP contribution >= 0.6 is 11.8 Å². The summed E-state index contributed by atoms with van der Waals surface area (Å²) in [5.74, 6) is -1.83. The van der Waals surface area contributed by atoms with Gasteiger partial charge in [-0.25, -0.2) is 19.2 Å². The molecule has 5 rings (SSSR count). The maximum absolute atomic E-state index is 13.4. The summed E-state index contributed by atoms with van der Waals surface area (Å²) in [4.78, 5) is 62.5. The predicted octanol–water partition coefficient (Wildman–Crippen LogP) is 6.82. The van der Waals surface area contributed by atoms with Gasteiger partial charge >= 0.3 is 29.8 Å². The second-order valence-corrected chi connectivity index (χ2v) is 14.3. The standard InChI is InChI=1S/C44H45N3O11S/c1-5-10-41(50)57-36-20-16-31(23-28(36)4)43(52)58-37-19-13-29(24-32(37)25-45-47-44-46-35-11-8-9-12-38(35)59-44)21-22-53-42(51)30-14-17-33(18-15-30)54-26-34(56-40(49)7-3)27-55-39(48)6-2/h6-9,11-20,24-25,28,34,44,46-47H,2-3,5,10,21-23,26-27H2,1,4H3/b45-25+. The van der Waals surface area contributed by atoms with E-state index in [0.717, 1.165) is 28.3 Å². The Balaban J connectivity index is 1.20. The van der Waals surface area contributed by atoms with Gasteiger partial charge in [0.15, 0.2) is 11.6 Å². The Morgan fingerprint density at radius 2 is 1.71 bits per heavy atom. The molecule has 2 aliphatic rings. The zero-order valence-corrected chi connectivity index (χ0v) is 33.5. The van der Waals surface area contributed by atoms with Crippen molar-refractivity contribution in [3.8, 4) is 11.5 Å². The molecule has 1 aliphatic carbocycles. The first kappa shape index (κ1) is 43.5. The van der Waals surface area contributed by atoms with Crippen molar-refractivity contribution in [3.63, 3.8) is 0 Å². The number of anilines is 1.